The lowest BCUT2D eigenvalue weighted by Crippen LogP contribution is -2.29. The predicted octanol–water partition coefficient (Wildman–Crippen LogP) is 6.34. The van der Waals surface area contributed by atoms with Gasteiger partial charge >= 0.3 is 0 Å². The molecule has 0 radical (unpaired) electrons. The highest BCUT2D eigenvalue weighted by Gasteiger charge is 2.24. The number of hydrogen-bond donors (Lipinski definition) is 0. The third-order valence-electron chi connectivity index (χ3n) is 4.48. The molecule has 1 amide bonds. The van der Waals surface area contributed by atoms with Crippen molar-refractivity contribution in [3.05, 3.63) is 75.6 Å². The summed E-state index contributed by atoms with van der Waals surface area (Å²) in [5.41, 5.74) is 3.59. The zero-order valence-electron chi connectivity index (χ0n) is 14.4. The fraction of sp³-hybridized carbons (Fsp3) is 0.190. The first kappa shape index (κ1) is 17.7. The van der Waals surface area contributed by atoms with Crippen LogP contribution in [0.15, 0.2) is 59.5 Å². The summed E-state index contributed by atoms with van der Waals surface area (Å²) >= 11 is 9.51. The zero-order chi connectivity index (χ0) is 18.1. The normalized spacial score (nSPS) is 12.4. The van der Waals surface area contributed by atoms with Crippen molar-refractivity contribution in [3.63, 3.8) is 0 Å². The van der Waals surface area contributed by atoms with Crippen molar-refractivity contribution in [2.75, 3.05) is 6.54 Å². The molecular weight excluding hydrogens is 382 g/mol. The fourth-order valence-corrected chi connectivity index (χ4v) is 5.77. The molecule has 0 spiro atoms. The summed E-state index contributed by atoms with van der Waals surface area (Å²) in [5, 5.41) is 0.757. The summed E-state index contributed by atoms with van der Waals surface area (Å²) < 4.78 is 0. The van der Waals surface area contributed by atoms with Crippen molar-refractivity contribution in [1.29, 1.82) is 0 Å². The monoisotopic (exact) mass is 399 g/mol. The number of halogens is 1. The van der Waals surface area contributed by atoms with E-state index in [0.717, 1.165) is 21.2 Å². The molecule has 0 unspecified atom stereocenters. The maximum absolute atomic E-state index is 13.1. The van der Waals surface area contributed by atoms with E-state index in [2.05, 4.69) is 24.3 Å². The van der Waals surface area contributed by atoms with E-state index in [-0.39, 0.29) is 5.91 Å². The molecule has 4 rings (SSSR count). The van der Waals surface area contributed by atoms with Crippen LogP contribution in [0.2, 0.25) is 5.02 Å². The van der Waals surface area contributed by atoms with Gasteiger partial charge in [-0.05, 0) is 36.2 Å². The molecule has 0 N–H and O–H groups in total. The standard InChI is InChI=1S/C21H18ClNOS2/c1-2-23(12-14-6-4-3-5-7-14)21(24)19-10-15-13-25-18-11-16(22)8-9-17(18)20(15)26-19/h3-11H,2,12-13H2,1H3. The van der Waals surface area contributed by atoms with Crippen LogP contribution < -0.4 is 0 Å². The fourth-order valence-electron chi connectivity index (χ4n) is 3.11. The lowest BCUT2D eigenvalue weighted by molar-refractivity contribution is 0.0757. The SMILES string of the molecule is CCN(Cc1ccccc1)C(=O)c1cc2c(s1)-c1ccc(Cl)cc1SC2. The summed E-state index contributed by atoms with van der Waals surface area (Å²) in [6.45, 7) is 3.36. The second kappa shape index (κ2) is 7.47. The largest absolute Gasteiger partial charge is 0.334 e. The second-order valence-electron chi connectivity index (χ2n) is 6.20. The summed E-state index contributed by atoms with van der Waals surface area (Å²) in [6.07, 6.45) is 0. The molecule has 3 aromatic rings. The number of rotatable bonds is 4. The Morgan fingerprint density at radius 1 is 1.15 bits per heavy atom. The van der Waals surface area contributed by atoms with Crippen LogP contribution in [-0.4, -0.2) is 17.4 Å². The molecule has 26 heavy (non-hydrogen) atoms. The second-order valence-corrected chi connectivity index (χ2v) is 8.70. The van der Waals surface area contributed by atoms with Crippen molar-refractivity contribution in [2.24, 2.45) is 0 Å². The van der Waals surface area contributed by atoms with E-state index in [0.29, 0.717) is 13.1 Å². The van der Waals surface area contributed by atoms with E-state index in [1.54, 1.807) is 23.1 Å². The van der Waals surface area contributed by atoms with E-state index in [1.165, 1.54) is 20.9 Å². The van der Waals surface area contributed by atoms with Gasteiger partial charge in [-0.3, -0.25) is 4.79 Å². The lowest BCUT2D eigenvalue weighted by atomic mass is 10.1. The molecule has 5 heteroatoms. The molecule has 0 saturated carbocycles. The Morgan fingerprint density at radius 2 is 1.96 bits per heavy atom. The molecule has 0 fully saturated rings. The number of benzene rings is 2. The molecule has 132 valence electrons. The Morgan fingerprint density at radius 3 is 2.73 bits per heavy atom. The van der Waals surface area contributed by atoms with E-state index in [1.807, 2.05) is 42.2 Å². The van der Waals surface area contributed by atoms with Gasteiger partial charge in [0.2, 0.25) is 0 Å². The first-order chi connectivity index (χ1) is 12.7. The van der Waals surface area contributed by atoms with E-state index in [4.69, 9.17) is 11.6 Å². The number of thiophene rings is 1. The van der Waals surface area contributed by atoms with Gasteiger partial charge in [0, 0.05) is 39.2 Å². The maximum Gasteiger partial charge on any atom is 0.264 e. The van der Waals surface area contributed by atoms with Crippen molar-refractivity contribution < 1.29 is 4.79 Å². The van der Waals surface area contributed by atoms with Crippen LogP contribution in [0, 0.1) is 0 Å². The minimum atomic E-state index is 0.108. The number of thioether (sulfide) groups is 1. The van der Waals surface area contributed by atoms with E-state index in [9.17, 15) is 4.79 Å². The van der Waals surface area contributed by atoms with Crippen LogP contribution >= 0.6 is 34.7 Å². The van der Waals surface area contributed by atoms with Crippen LogP contribution in [0.25, 0.3) is 10.4 Å². The van der Waals surface area contributed by atoms with Gasteiger partial charge < -0.3 is 4.90 Å². The molecule has 0 aliphatic carbocycles. The van der Waals surface area contributed by atoms with Crippen LogP contribution in [-0.2, 0) is 12.3 Å². The number of amides is 1. The van der Waals surface area contributed by atoms with E-state index >= 15 is 0 Å². The number of nitrogens with zero attached hydrogens (tertiary/aromatic N) is 1. The molecule has 0 bridgehead atoms. The van der Waals surface area contributed by atoms with Crippen molar-refractivity contribution in [2.45, 2.75) is 24.1 Å². The Labute approximate surface area is 166 Å². The quantitative estimate of drug-likeness (QED) is 0.510. The Balaban J connectivity index is 1.63. The molecule has 2 aromatic carbocycles. The van der Waals surface area contributed by atoms with Crippen LogP contribution in [0.4, 0.5) is 0 Å². The number of carbonyl (C=O) groups excluding carboxylic acids is 1. The topological polar surface area (TPSA) is 20.3 Å². The van der Waals surface area contributed by atoms with Gasteiger partial charge in [-0.2, -0.15) is 0 Å². The van der Waals surface area contributed by atoms with Crippen LogP contribution in [0.1, 0.15) is 27.7 Å². The maximum atomic E-state index is 13.1. The summed E-state index contributed by atoms with van der Waals surface area (Å²) in [4.78, 5) is 18.2. The summed E-state index contributed by atoms with van der Waals surface area (Å²) in [7, 11) is 0. The highest BCUT2D eigenvalue weighted by Crippen LogP contribution is 2.46. The van der Waals surface area contributed by atoms with Crippen molar-refractivity contribution in [3.8, 4) is 10.4 Å². The average Bonchev–Trinajstić information content (AvgIpc) is 3.10. The smallest absolute Gasteiger partial charge is 0.264 e. The van der Waals surface area contributed by atoms with Gasteiger partial charge in [0.25, 0.3) is 5.91 Å². The van der Waals surface area contributed by atoms with Crippen LogP contribution in [0.5, 0.6) is 0 Å². The van der Waals surface area contributed by atoms with Gasteiger partial charge in [0.15, 0.2) is 0 Å². The van der Waals surface area contributed by atoms with Gasteiger partial charge in [0.05, 0.1) is 4.88 Å². The average molecular weight is 400 g/mol. The predicted molar refractivity (Wildman–Crippen MR) is 111 cm³/mol. The number of carbonyl (C=O) groups is 1. The highest BCUT2D eigenvalue weighted by molar-refractivity contribution is 7.98. The van der Waals surface area contributed by atoms with Crippen LogP contribution in [0.3, 0.4) is 0 Å². The molecule has 2 heterocycles. The lowest BCUT2D eigenvalue weighted by Gasteiger charge is -2.20. The third kappa shape index (κ3) is 3.41. The molecule has 1 aliphatic heterocycles. The number of fused-ring (bicyclic) bond motifs is 3. The minimum Gasteiger partial charge on any atom is -0.334 e. The molecule has 1 aliphatic rings. The first-order valence-electron chi connectivity index (χ1n) is 8.54. The Bertz CT molecular complexity index is 952. The van der Waals surface area contributed by atoms with E-state index < -0.39 is 0 Å². The van der Waals surface area contributed by atoms with Crippen molar-refractivity contribution in [1.82, 2.24) is 4.90 Å². The third-order valence-corrected chi connectivity index (χ3v) is 7.01. The molecule has 1 aromatic heterocycles. The first-order valence-corrected chi connectivity index (χ1v) is 10.7. The van der Waals surface area contributed by atoms with Gasteiger partial charge in [0.1, 0.15) is 0 Å². The summed E-state index contributed by atoms with van der Waals surface area (Å²) in [5.74, 6) is 0.994. The molecular formula is C21H18ClNOS2. The van der Waals surface area contributed by atoms with Gasteiger partial charge in [-0.15, -0.1) is 23.1 Å². The minimum absolute atomic E-state index is 0.108. The molecule has 0 saturated heterocycles. The Hall–Kier alpha value is -1.75. The van der Waals surface area contributed by atoms with Gasteiger partial charge in [-0.1, -0.05) is 48.0 Å². The van der Waals surface area contributed by atoms with Crippen molar-refractivity contribution >= 4 is 40.6 Å². The molecule has 2 nitrogen and oxygen atoms in total. The number of hydrogen-bond acceptors (Lipinski definition) is 3. The van der Waals surface area contributed by atoms with Gasteiger partial charge in [-0.25, -0.2) is 0 Å². The zero-order valence-corrected chi connectivity index (χ0v) is 16.8. The highest BCUT2D eigenvalue weighted by atomic mass is 35.5. The summed E-state index contributed by atoms with van der Waals surface area (Å²) in [6, 6.07) is 18.2. The Kier molecular flexibility index (Phi) is 5.07. The molecule has 0 atom stereocenters.